The zero-order valence-corrected chi connectivity index (χ0v) is 58.5. The minimum Gasteiger partial charge on any atom is -0.493 e. The van der Waals surface area contributed by atoms with Crippen molar-refractivity contribution in [2.24, 2.45) is 27.7 Å². The fourth-order valence-electron chi connectivity index (χ4n) is 11.8. The molecule has 3 aromatic carbocycles. The van der Waals surface area contributed by atoms with Crippen LogP contribution in [-0.4, -0.2) is 225 Å². The van der Waals surface area contributed by atoms with Crippen molar-refractivity contribution in [1.29, 1.82) is 0 Å². The van der Waals surface area contributed by atoms with Gasteiger partial charge in [0.05, 0.1) is 154 Å². The summed E-state index contributed by atoms with van der Waals surface area (Å²) in [5.74, 6) is -0.740. The Balaban J connectivity index is 0.570. The van der Waals surface area contributed by atoms with Crippen LogP contribution in [0.1, 0.15) is 118 Å². The highest BCUT2D eigenvalue weighted by molar-refractivity contribution is 6.13. The maximum atomic E-state index is 14.2. The molecule has 546 valence electrons. The summed E-state index contributed by atoms with van der Waals surface area (Å²) in [6.45, 7) is 12.1. The molecule has 6 aliphatic rings. The van der Waals surface area contributed by atoms with Gasteiger partial charge in [0.2, 0.25) is 17.7 Å². The fourth-order valence-corrected chi connectivity index (χ4v) is 11.8. The molecule has 101 heavy (non-hydrogen) atoms. The molecular weight excluding hydrogens is 1300 g/mol. The highest BCUT2D eigenvalue weighted by Crippen LogP contribution is 2.45. The maximum Gasteiger partial charge on any atom is 0.260 e. The van der Waals surface area contributed by atoms with Crippen molar-refractivity contribution in [2.75, 3.05) is 138 Å². The third kappa shape index (κ3) is 22.9. The molecule has 5 heterocycles. The predicted octanol–water partition coefficient (Wildman–Crippen LogP) is 7.53. The van der Waals surface area contributed by atoms with E-state index in [1.165, 1.54) is 37.7 Å². The number of carbonyl (C=O) groups is 8. The first-order valence-electron chi connectivity index (χ1n) is 35.0. The van der Waals surface area contributed by atoms with Gasteiger partial charge in [0.15, 0.2) is 28.8 Å². The van der Waals surface area contributed by atoms with E-state index in [9.17, 15) is 38.4 Å². The normalized spacial score (nSPS) is 17.2. The van der Waals surface area contributed by atoms with E-state index in [-0.39, 0.29) is 92.3 Å². The number of ketones is 1. The number of ether oxygens (including phenoxy) is 11. The number of amides is 7. The molecule has 1 unspecified atom stereocenters. The number of fused-ring (bicyclic) bond motifs is 4. The molecule has 0 spiro atoms. The Labute approximate surface area is 589 Å². The summed E-state index contributed by atoms with van der Waals surface area (Å²) >= 11 is 0. The number of carbonyl (C=O) groups excluding carboxylic acids is 8. The number of hydrogen-bond acceptors (Lipinski definition) is 21. The lowest BCUT2D eigenvalue weighted by Gasteiger charge is -2.23. The van der Waals surface area contributed by atoms with Crippen LogP contribution < -0.4 is 34.9 Å². The van der Waals surface area contributed by atoms with Crippen LogP contribution in [0.3, 0.4) is 0 Å². The van der Waals surface area contributed by atoms with Crippen molar-refractivity contribution in [3.8, 4) is 23.0 Å². The number of hydrogen-bond donors (Lipinski definition) is 3. The first kappa shape index (κ1) is 76.5. The Morgan fingerprint density at radius 3 is 1.59 bits per heavy atom. The van der Waals surface area contributed by atoms with Crippen LogP contribution in [-0.2, 0) is 61.9 Å². The molecular formula is C74H96N8O19. The number of nitrogens with one attached hydrogen (secondary N) is 3. The van der Waals surface area contributed by atoms with E-state index in [0.29, 0.717) is 175 Å². The quantitative estimate of drug-likeness (QED) is 0.0363. The second-order valence-electron chi connectivity index (χ2n) is 25.5. The average molecular weight is 1400 g/mol. The van der Waals surface area contributed by atoms with Crippen LogP contribution in [0.4, 0.5) is 17.1 Å². The van der Waals surface area contributed by atoms with Gasteiger partial charge in [0.25, 0.3) is 23.6 Å². The second kappa shape index (κ2) is 39.5. The van der Waals surface area contributed by atoms with Crippen LogP contribution in [0.25, 0.3) is 5.57 Å². The van der Waals surface area contributed by atoms with Gasteiger partial charge < -0.3 is 77.9 Å². The molecule has 9 rings (SSSR count). The monoisotopic (exact) mass is 1400 g/mol. The molecule has 3 N–H and O–H groups in total. The van der Waals surface area contributed by atoms with Crippen molar-refractivity contribution in [3.05, 3.63) is 95.3 Å². The van der Waals surface area contributed by atoms with Gasteiger partial charge in [-0.05, 0) is 84.9 Å². The zero-order chi connectivity index (χ0) is 71.5. The highest BCUT2D eigenvalue weighted by atomic mass is 16.6. The molecule has 5 aliphatic heterocycles. The Morgan fingerprint density at radius 1 is 0.554 bits per heavy atom. The van der Waals surface area contributed by atoms with Crippen LogP contribution in [0, 0.1) is 17.8 Å². The lowest BCUT2D eigenvalue weighted by molar-refractivity contribution is -0.137. The van der Waals surface area contributed by atoms with E-state index >= 15 is 0 Å². The van der Waals surface area contributed by atoms with Gasteiger partial charge in [-0.2, -0.15) is 0 Å². The fraction of sp³-hybridized carbons (Fsp3) is 0.541. The number of nitrogens with zero attached hydrogens (tertiary/aromatic N) is 5. The molecule has 0 radical (unpaired) electrons. The molecule has 1 fully saturated rings. The largest absolute Gasteiger partial charge is 0.493 e. The van der Waals surface area contributed by atoms with E-state index in [1.54, 1.807) is 66.4 Å². The number of methoxy groups -OCH3 is 2. The van der Waals surface area contributed by atoms with Gasteiger partial charge in [-0.25, -0.2) is 0 Å². The van der Waals surface area contributed by atoms with Gasteiger partial charge in [-0.1, -0.05) is 39.3 Å². The second-order valence-corrected chi connectivity index (χ2v) is 25.5. The third-order valence-electron chi connectivity index (χ3n) is 17.6. The minimum atomic E-state index is -0.732. The lowest BCUT2D eigenvalue weighted by atomic mass is 9.92. The summed E-state index contributed by atoms with van der Waals surface area (Å²) in [4.78, 5) is 117. The van der Waals surface area contributed by atoms with Gasteiger partial charge >= 0.3 is 0 Å². The number of anilines is 1. The van der Waals surface area contributed by atoms with Crippen molar-refractivity contribution >= 4 is 82.2 Å². The van der Waals surface area contributed by atoms with Crippen LogP contribution in [0.5, 0.6) is 23.0 Å². The first-order valence-corrected chi connectivity index (χ1v) is 35.0. The molecule has 1 saturated carbocycles. The number of Topliss-reactive ketones (excluding diaryl/α,β-unsaturated/α-hetero) is 1. The Hall–Kier alpha value is -8.70. The summed E-state index contributed by atoms with van der Waals surface area (Å²) in [5.41, 5.74) is 5.46. The van der Waals surface area contributed by atoms with E-state index in [1.807, 2.05) is 44.6 Å². The van der Waals surface area contributed by atoms with E-state index in [4.69, 9.17) is 62.1 Å². The number of unbranched alkanes of at least 4 members (excludes halogenated alkanes) is 2. The summed E-state index contributed by atoms with van der Waals surface area (Å²) in [7, 11) is 3.06. The lowest BCUT2D eigenvalue weighted by Crippen LogP contribution is -2.45. The van der Waals surface area contributed by atoms with Crippen LogP contribution >= 0.6 is 0 Å². The molecule has 3 aromatic rings. The van der Waals surface area contributed by atoms with Crippen molar-refractivity contribution in [2.45, 2.75) is 110 Å². The number of benzene rings is 3. The number of rotatable bonds is 47. The Morgan fingerprint density at radius 2 is 1.07 bits per heavy atom. The molecule has 0 saturated heterocycles. The van der Waals surface area contributed by atoms with E-state index < -0.39 is 23.8 Å². The number of imide groups is 1. The molecule has 0 bridgehead atoms. The highest BCUT2D eigenvalue weighted by Gasteiger charge is 2.39. The Bertz CT molecular complexity index is 3490. The van der Waals surface area contributed by atoms with E-state index in [0.717, 1.165) is 35.3 Å². The Kier molecular flexibility index (Phi) is 29.9. The predicted molar refractivity (Wildman–Crippen MR) is 374 cm³/mol. The van der Waals surface area contributed by atoms with Gasteiger partial charge in [0, 0.05) is 113 Å². The van der Waals surface area contributed by atoms with Gasteiger partial charge in [-0.15, -0.1) is 0 Å². The molecule has 27 nitrogen and oxygen atoms in total. The van der Waals surface area contributed by atoms with Crippen molar-refractivity contribution in [3.63, 3.8) is 0 Å². The number of aliphatic imine (C=N–C) groups is 2. The summed E-state index contributed by atoms with van der Waals surface area (Å²) in [6, 6.07) is 13.0. The minimum absolute atomic E-state index is 0.0324. The van der Waals surface area contributed by atoms with E-state index in [2.05, 4.69) is 16.0 Å². The van der Waals surface area contributed by atoms with Gasteiger partial charge in [0.1, 0.15) is 0 Å². The van der Waals surface area contributed by atoms with Gasteiger partial charge in [-0.3, -0.25) is 53.2 Å². The van der Waals surface area contributed by atoms with Crippen LogP contribution in [0.2, 0.25) is 0 Å². The molecule has 27 heteroatoms. The summed E-state index contributed by atoms with van der Waals surface area (Å²) in [5, 5.41) is 8.52. The standard InChI is InChI=1S/C74H96N8O19/c1-49(2)71(79-68(85)10-7-6-8-22-93-26-28-95-30-32-97-34-36-99-37-35-98-33-31-96-29-27-94-25-20-75-67(84)19-21-80-69(86)17-18-70(80)87)62(83)38-50(3)72(88)78-55-15-13-52(14-16-55)54-40-57-46-77-61-44-66(64(92-5)42-59(61)74(90)82(57)48-54)101-24-9-23-100-65-43-60-58(41-63(65)91-4)73(89)81-47-53(51-11-12-51)39-56(81)45-76-60/h13-18,41-51,56-57,71H,6-12,19-40H2,1-5H3,(H,75,84)(H,78,88)(H,79,85)/t50-,56+,57+,71?/m1/s1. The zero-order valence-electron chi connectivity index (χ0n) is 58.5. The molecule has 1 aliphatic carbocycles. The molecule has 7 amide bonds. The SMILES string of the molecule is COc1cc2c(cc1OCCCOc1cc3c(cc1OC)C(=O)N1C=C(C4CC4)C[C@H]1C=N3)N=C[C@@H]1CC(c3ccc(NC(=O)[C@H](C)CC(=O)C(NC(=O)CCCCCOCCOCCOCCOCCOCCOCCOCCNC(=O)CCN4C(=O)C=CC4=O)C(C)C)cc3)=CN1C2=O. The first-order chi connectivity index (χ1) is 49.1. The van der Waals surface area contributed by atoms with Crippen molar-refractivity contribution < 1.29 is 90.5 Å². The summed E-state index contributed by atoms with van der Waals surface area (Å²) < 4.78 is 62.4. The topological polar surface area (TPSA) is 309 Å². The molecule has 0 aromatic heterocycles. The smallest absolute Gasteiger partial charge is 0.260 e. The van der Waals surface area contributed by atoms with Crippen molar-refractivity contribution in [1.82, 2.24) is 25.3 Å². The maximum absolute atomic E-state index is 14.2. The van der Waals surface area contributed by atoms with Crippen LogP contribution in [0.15, 0.2) is 88.6 Å². The summed E-state index contributed by atoms with van der Waals surface area (Å²) in [6.07, 6.45) is 16.4. The average Bonchev–Trinajstić information content (AvgIpc) is 1.65. The third-order valence-corrected chi connectivity index (χ3v) is 17.6. The molecule has 4 atom stereocenters.